The fourth-order valence-electron chi connectivity index (χ4n) is 3.02. The number of hydrogen-bond acceptors (Lipinski definition) is 5. The monoisotopic (exact) mass is 300 g/mol. The molecule has 3 heterocycles. The normalized spacial score (nSPS) is 18.8. The summed E-state index contributed by atoms with van der Waals surface area (Å²) in [5.74, 6) is 0.899. The van der Waals surface area contributed by atoms with E-state index in [0.29, 0.717) is 6.04 Å². The zero-order chi connectivity index (χ0) is 15.7. The Bertz CT molecular complexity index is 631. The van der Waals surface area contributed by atoms with E-state index in [2.05, 4.69) is 33.2 Å². The van der Waals surface area contributed by atoms with Crippen LogP contribution in [0.1, 0.15) is 35.8 Å². The van der Waals surface area contributed by atoms with E-state index in [9.17, 15) is 0 Å². The summed E-state index contributed by atoms with van der Waals surface area (Å²) < 4.78 is 1.94. The minimum Gasteiger partial charge on any atom is -0.361 e. The van der Waals surface area contributed by atoms with Crippen LogP contribution in [0.2, 0.25) is 0 Å². The van der Waals surface area contributed by atoms with Crippen molar-refractivity contribution >= 4 is 5.82 Å². The van der Waals surface area contributed by atoms with Gasteiger partial charge in [-0.15, -0.1) is 5.10 Å². The highest BCUT2D eigenvalue weighted by atomic mass is 15.3. The van der Waals surface area contributed by atoms with Crippen LogP contribution in [0.15, 0.2) is 18.3 Å². The van der Waals surface area contributed by atoms with Crippen molar-refractivity contribution in [2.24, 2.45) is 7.05 Å². The van der Waals surface area contributed by atoms with Gasteiger partial charge in [0.25, 0.3) is 0 Å². The summed E-state index contributed by atoms with van der Waals surface area (Å²) in [5, 5.41) is 13.1. The summed E-state index contributed by atoms with van der Waals surface area (Å²) in [4.78, 5) is 4.46. The Balaban J connectivity index is 1.76. The van der Waals surface area contributed by atoms with Crippen molar-refractivity contribution in [1.29, 1.82) is 0 Å². The standard InChI is InChI=1S/C16H24N6/c1-12-13(10-17-21(12)4)11-22-9-5-6-15(22)14-7-8-16(19-18-14)20(2)3/h7-8,10,15H,5-6,9,11H2,1-4H3. The molecule has 1 saturated heterocycles. The van der Waals surface area contributed by atoms with E-state index in [1.807, 2.05) is 43.0 Å². The van der Waals surface area contributed by atoms with Crippen molar-refractivity contribution in [2.45, 2.75) is 32.4 Å². The molecular weight excluding hydrogens is 276 g/mol. The van der Waals surface area contributed by atoms with Gasteiger partial charge in [-0.25, -0.2) is 0 Å². The summed E-state index contributed by atoms with van der Waals surface area (Å²) in [7, 11) is 5.96. The second-order valence-electron chi connectivity index (χ2n) is 6.22. The van der Waals surface area contributed by atoms with E-state index >= 15 is 0 Å². The third-order valence-electron chi connectivity index (χ3n) is 4.54. The number of likely N-dealkylation sites (tertiary alicyclic amines) is 1. The molecule has 1 fully saturated rings. The molecule has 2 aromatic heterocycles. The number of hydrogen-bond donors (Lipinski definition) is 0. The quantitative estimate of drug-likeness (QED) is 0.863. The maximum absolute atomic E-state index is 4.45. The van der Waals surface area contributed by atoms with E-state index < -0.39 is 0 Å². The van der Waals surface area contributed by atoms with Crippen LogP contribution in [-0.2, 0) is 13.6 Å². The zero-order valence-corrected chi connectivity index (χ0v) is 13.8. The molecule has 0 aliphatic carbocycles. The van der Waals surface area contributed by atoms with E-state index in [0.717, 1.165) is 31.0 Å². The second kappa shape index (κ2) is 6.04. The molecule has 1 aliphatic rings. The Morgan fingerprint density at radius 1 is 1.27 bits per heavy atom. The minimum absolute atomic E-state index is 0.364. The van der Waals surface area contributed by atoms with Crippen LogP contribution in [0.25, 0.3) is 0 Å². The molecule has 0 amide bonds. The van der Waals surface area contributed by atoms with Crippen LogP contribution in [0.5, 0.6) is 0 Å². The molecule has 3 rings (SSSR count). The van der Waals surface area contributed by atoms with Gasteiger partial charge in [0.2, 0.25) is 0 Å². The van der Waals surface area contributed by atoms with Crippen LogP contribution in [0.4, 0.5) is 5.82 Å². The van der Waals surface area contributed by atoms with Crippen LogP contribution < -0.4 is 4.90 Å². The average molecular weight is 300 g/mol. The first kappa shape index (κ1) is 15.0. The van der Waals surface area contributed by atoms with Gasteiger partial charge in [-0.3, -0.25) is 9.58 Å². The first-order valence-corrected chi connectivity index (χ1v) is 7.78. The summed E-state index contributed by atoms with van der Waals surface area (Å²) >= 11 is 0. The van der Waals surface area contributed by atoms with Gasteiger partial charge in [0.1, 0.15) is 0 Å². The summed E-state index contributed by atoms with van der Waals surface area (Å²) in [6, 6.07) is 4.53. The predicted octanol–water partition coefficient (Wildman–Crippen LogP) is 1.92. The first-order valence-electron chi connectivity index (χ1n) is 7.78. The molecule has 22 heavy (non-hydrogen) atoms. The summed E-state index contributed by atoms with van der Waals surface area (Å²) in [6.07, 6.45) is 4.34. The molecule has 0 radical (unpaired) electrons. The van der Waals surface area contributed by atoms with Gasteiger partial charge in [0.05, 0.1) is 17.9 Å². The summed E-state index contributed by atoms with van der Waals surface area (Å²) in [6.45, 7) is 4.16. The molecule has 6 nitrogen and oxygen atoms in total. The van der Waals surface area contributed by atoms with E-state index in [4.69, 9.17) is 0 Å². The lowest BCUT2D eigenvalue weighted by Crippen LogP contribution is -2.24. The number of nitrogens with zero attached hydrogens (tertiary/aromatic N) is 6. The Kier molecular flexibility index (Phi) is 4.11. The maximum atomic E-state index is 4.45. The lowest BCUT2D eigenvalue weighted by atomic mass is 10.1. The van der Waals surface area contributed by atoms with E-state index in [-0.39, 0.29) is 0 Å². The van der Waals surface area contributed by atoms with Crippen LogP contribution in [-0.4, -0.2) is 45.5 Å². The minimum atomic E-state index is 0.364. The smallest absolute Gasteiger partial charge is 0.150 e. The van der Waals surface area contributed by atoms with Crippen molar-refractivity contribution in [2.75, 3.05) is 25.5 Å². The van der Waals surface area contributed by atoms with Gasteiger partial charge in [0.15, 0.2) is 5.82 Å². The van der Waals surface area contributed by atoms with Gasteiger partial charge >= 0.3 is 0 Å². The fraction of sp³-hybridized carbons (Fsp3) is 0.562. The Morgan fingerprint density at radius 2 is 2.09 bits per heavy atom. The van der Waals surface area contributed by atoms with Gasteiger partial charge in [-0.1, -0.05) is 0 Å². The van der Waals surface area contributed by atoms with Crippen molar-refractivity contribution in [1.82, 2.24) is 24.9 Å². The number of aromatic nitrogens is 4. The highest BCUT2D eigenvalue weighted by molar-refractivity contribution is 5.35. The maximum Gasteiger partial charge on any atom is 0.150 e. The topological polar surface area (TPSA) is 50.1 Å². The molecule has 1 atom stereocenters. The number of aryl methyl sites for hydroxylation is 1. The second-order valence-corrected chi connectivity index (χ2v) is 6.22. The Labute approximate surface area is 131 Å². The van der Waals surface area contributed by atoms with Crippen molar-refractivity contribution < 1.29 is 0 Å². The van der Waals surface area contributed by atoms with Crippen molar-refractivity contribution in [3.8, 4) is 0 Å². The molecule has 1 unspecified atom stereocenters. The van der Waals surface area contributed by atoms with Gasteiger partial charge in [-0.05, 0) is 38.4 Å². The van der Waals surface area contributed by atoms with Gasteiger partial charge < -0.3 is 4.90 Å². The molecule has 0 N–H and O–H groups in total. The van der Waals surface area contributed by atoms with Gasteiger partial charge in [-0.2, -0.15) is 10.2 Å². The molecule has 2 aromatic rings. The molecular formula is C16H24N6. The molecule has 6 heteroatoms. The van der Waals surface area contributed by atoms with Crippen LogP contribution in [0, 0.1) is 6.92 Å². The number of rotatable bonds is 4. The molecule has 0 saturated carbocycles. The SMILES string of the molecule is Cc1c(CN2CCCC2c2ccc(N(C)C)nn2)cnn1C. The molecule has 0 spiro atoms. The van der Waals surface area contributed by atoms with Crippen molar-refractivity contribution in [3.05, 3.63) is 35.3 Å². The Hall–Kier alpha value is -1.95. The predicted molar refractivity (Wildman–Crippen MR) is 86.7 cm³/mol. The summed E-state index contributed by atoms with van der Waals surface area (Å²) in [5.41, 5.74) is 3.61. The van der Waals surface area contributed by atoms with E-state index in [1.165, 1.54) is 17.7 Å². The molecule has 0 aromatic carbocycles. The van der Waals surface area contributed by atoms with Crippen LogP contribution in [0.3, 0.4) is 0 Å². The highest BCUT2D eigenvalue weighted by Gasteiger charge is 2.28. The number of anilines is 1. The first-order chi connectivity index (χ1) is 10.6. The van der Waals surface area contributed by atoms with Gasteiger partial charge in [0, 0.05) is 38.9 Å². The highest BCUT2D eigenvalue weighted by Crippen LogP contribution is 2.32. The largest absolute Gasteiger partial charge is 0.361 e. The molecule has 118 valence electrons. The average Bonchev–Trinajstić information content (AvgIpc) is 3.09. The molecule has 0 bridgehead atoms. The van der Waals surface area contributed by atoms with E-state index in [1.54, 1.807) is 0 Å². The lowest BCUT2D eigenvalue weighted by Gasteiger charge is -2.23. The van der Waals surface area contributed by atoms with Crippen molar-refractivity contribution in [3.63, 3.8) is 0 Å². The van der Waals surface area contributed by atoms with Crippen LogP contribution >= 0.6 is 0 Å². The Morgan fingerprint density at radius 3 is 2.68 bits per heavy atom. The molecule has 1 aliphatic heterocycles. The lowest BCUT2D eigenvalue weighted by molar-refractivity contribution is 0.242. The third kappa shape index (κ3) is 2.83. The zero-order valence-electron chi connectivity index (χ0n) is 13.8. The third-order valence-corrected chi connectivity index (χ3v) is 4.54. The fourth-order valence-corrected chi connectivity index (χ4v) is 3.02.